The number of nitrogens with zero attached hydrogens (tertiary/aromatic N) is 4. The van der Waals surface area contributed by atoms with E-state index in [4.69, 9.17) is 23.2 Å². The van der Waals surface area contributed by atoms with Gasteiger partial charge in [-0.15, -0.1) is 0 Å². The Morgan fingerprint density at radius 1 is 0.682 bits per heavy atom. The monoisotopic (exact) mass is 1060 g/mol. The molecule has 346 valence electrons. The third kappa shape index (κ3) is 12.2. The molecule has 0 bridgehead atoms. The van der Waals surface area contributed by atoms with Crippen LogP contribution in [0.4, 0.5) is 0 Å². The average Bonchev–Trinajstić information content (AvgIpc) is 3.87. The van der Waals surface area contributed by atoms with Gasteiger partial charge in [0.25, 0.3) is 5.91 Å². The van der Waals surface area contributed by atoms with Crippen molar-refractivity contribution in [3.05, 3.63) is 133 Å². The maximum Gasteiger partial charge on any atom is 0.254 e. The van der Waals surface area contributed by atoms with Crippen molar-refractivity contribution in [3.8, 4) is 0 Å². The Morgan fingerprint density at radius 2 is 1.23 bits per heavy atom. The third-order valence-electron chi connectivity index (χ3n) is 12.7. The number of halogens is 4. The van der Waals surface area contributed by atoms with E-state index in [1.54, 1.807) is 0 Å². The minimum absolute atomic E-state index is 0.00203. The standard InChI is InChI=1S/C50H54Br2Cl2N8O4/c51-35-7-13-39-43(31-35)57-41(15-5-33-1-9-37(53)10-2-33)47(39)49(65)55-19-21-59-23-27-61(28-24-59)45(63)17-18-46(64)62-29-25-60(26-30-62)22-20-56-50(66)48-40-14-8-36(52)32-44(40)58-42(48)16-6-34-3-11-38(54)12-4-34/h1-16,31,36,40,44,57-58H,17-30,32H2,(H,55,65)(H,56,66)/b15-5+,16-6+. The van der Waals surface area contributed by atoms with Gasteiger partial charge in [0, 0.05) is 145 Å². The minimum atomic E-state index is -0.156. The Kier molecular flexibility index (Phi) is 16.2. The van der Waals surface area contributed by atoms with Crippen molar-refractivity contribution >= 4 is 108 Å². The van der Waals surface area contributed by atoms with Gasteiger partial charge >= 0.3 is 0 Å². The maximum atomic E-state index is 13.7. The lowest BCUT2D eigenvalue weighted by Gasteiger charge is -2.36. The van der Waals surface area contributed by atoms with E-state index in [0.717, 1.165) is 49.9 Å². The second kappa shape index (κ2) is 22.4. The number of piperazine rings is 2. The molecule has 16 heteroatoms. The van der Waals surface area contributed by atoms with Crippen LogP contribution in [0.25, 0.3) is 29.1 Å². The van der Waals surface area contributed by atoms with Gasteiger partial charge in [0.2, 0.25) is 17.7 Å². The van der Waals surface area contributed by atoms with Crippen molar-refractivity contribution in [2.24, 2.45) is 5.92 Å². The zero-order valence-electron chi connectivity index (χ0n) is 36.6. The van der Waals surface area contributed by atoms with E-state index in [1.165, 1.54) is 0 Å². The topological polar surface area (TPSA) is 133 Å². The second-order valence-electron chi connectivity index (χ2n) is 17.1. The predicted molar refractivity (Wildman–Crippen MR) is 271 cm³/mol. The molecule has 4 amide bonds. The van der Waals surface area contributed by atoms with Crippen LogP contribution in [0.15, 0.2) is 101 Å². The molecular formula is C50H54Br2Cl2N8O4. The van der Waals surface area contributed by atoms with Crippen molar-refractivity contribution in [1.29, 1.82) is 0 Å². The Labute approximate surface area is 412 Å². The molecule has 0 radical (unpaired) electrons. The number of H-pyrrole nitrogens is 1. The van der Waals surface area contributed by atoms with Crippen LogP contribution in [0.2, 0.25) is 10.0 Å². The number of benzene rings is 3. The van der Waals surface area contributed by atoms with Crippen LogP contribution in [0.1, 0.15) is 46.4 Å². The van der Waals surface area contributed by atoms with E-state index in [2.05, 4.69) is 74.7 Å². The molecule has 3 aliphatic heterocycles. The molecule has 66 heavy (non-hydrogen) atoms. The van der Waals surface area contributed by atoms with Gasteiger partial charge in [-0.1, -0.05) is 110 Å². The van der Waals surface area contributed by atoms with Crippen LogP contribution in [0.3, 0.4) is 0 Å². The lowest BCUT2D eigenvalue weighted by atomic mass is 9.86. The summed E-state index contributed by atoms with van der Waals surface area (Å²) in [4.78, 5) is 65.5. The molecule has 12 nitrogen and oxygen atoms in total. The highest BCUT2D eigenvalue weighted by molar-refractivity contribution is 9.10. The molecule has 2 fully saturated rings. The smallest absolute Gasteiger partial charge is 0.254 e. The van der Waals surface area contributed by atoms with Crippen LogP contribution in [-0.4, -0.2) is 138 Å². The van der Waals surface area contributed by atoms with E-state index in [1.807, 2.05) is 101 Å². The molecule has 3 aromatic carbocycles. The number of rotatable bonds is 15. The van der Waals surface area contributed by atoms with Gasteiger partial charge in [-0.05, 0) is 66.1 Å². The number of carbonyl (C=O) groups is 4. The van der Waals surface area contributed by atoms with Gasteiger partial charge in [-0.3, -0.25) is 29.0 Å². The fourth-order valence-corrected chi connectivity index (χ4v) is 10.2. The number of amides is 4. The second-order valence-corrected chi connectivity index (χ2v) is 20.0. The summed E-state index contributed by atoms with van der Waals surface area (Å²) < 4.78 is 0.917. The maximum absolute atomic E-state index is 13.7. The van der Waals surface area contributed by atoms with Gasteiger partial charge < -0.3 is 30.7 Å². The number of allylic oxidation sites excluding steroid dienone is 2. The first-order valence-corrected chi connectivity index (χ1v) is 25.0. The highest BCUT2D eigenvalue weighted by Crippen LogP contribution is 2.36. The molecule has 8 rings (SSSR count). The van der Waals surface area contributed by atoms with Crippen molar-refractivity contribution < 1.29 is 19.2 Å². The van der Waals surface area contributed by atoms with Crippen LogP contribution in [0.5, 0.6) is 0 Å². The van der Waals surface area contributed by atoms with Gasteiger partial charge in [-0.2, -0.15) is 0 Å². The first-order valence-electron chi connectivity index (χ1n) is 22.6. The van der Waals surface area contributed by atoms with Crippen molar-refractivity contribution in [1.82, 2.24) is 40.5 Å². The first kappa shape index (κ1) is 47.8. The Bertz CT molecular complexity index is 2530. The highest BCUT2D eigenvalue weighted by Gasteiger charge is 2.38. The summed E-state index contributed by atoms with van der Waals surface area (Å²) >= 11 is 19.4. The molecule has 3 atom stereocenters. The molecular weight excluding hydrogens is 1010 g/mol. The zero-order valence-corrected chi connectivity index (χ0v) is 41.3. The quantitative estimate of drug-likeness (QED) is 0.0713. The van der Waals surface area contributed by atoms with E-state index in [9.17, 15) is 19.2 Å². The minimum Gasteiger partial charge on any atom is -0.381 e. The number of alkyl halides is 1. The fraction of sp³-hybridized carbons (Fsp3) is 0.360. The van der Waals surface area contributed by atoms with Crippen LogP contribution >= 0.6 is 55.1 Å². The molecule has 1 aromatic heterocycles. The summed E-state index contributed by atoms with van der Waals surface area (Å²) in [6.07, 6.45) is 13.3. The number of nitrogens with one attached hydrogen (secondary N) is 4. The average molecular weight is 1060 g/mol. The summed E-state index contributed by atoms with van der Waals surface area (Å²) in [5.74, 6) is -0.243. The lowest BCUT2D eigenvalue weighted by Crippen LogP contribution is -2.51. The fourth-order valence-electron chi connectivity index (χ4n) is 9.03. The lowest BCUT2D eigenvalue weighted by molar-refractivity contribution is -0.138. The number of aromatic amines is 1. The number of hydrogen-bond donors (Lipinski definition) is 4. The van der Waals surface area contributed by atoms with E-state index >= 15 is 0 Å². The van der Waals surface area contributed by atoms with Crippen molar-refractivity contribution in [2.45, 2.75) is 30.1 Å². The van der Waals surface area contributed by atoms with Crippen molar-refractivity contribution in [3.63, 3.8) is 0 Å². The molecule has 4 aliphatic rings. The molecule has 0 spiro atoms. The van der Waals surface area contributed by atoms with Crippen LogP contribution in [-0.2, 0) is 14.4 Å². The normalized spacial score (nSPS) is 20.3. The molecule has 2 saturated heterocycles. The molecule has 4 N–H and O–H groups in total. The molecule has 4 heterocycles. The SMILES string of the molecule is O=C(NCCN1CCN(C(=O)CCC(=O)N2CCN(CCNC(=O)c3c(/C=C/c4ccc(Cl)cc4)[nH]c4cc(Br)ccc34)CC2)CC1)C1=C(/C=C/c2ccc(Cl)cc2)NC2CC(Br)C=CC12. The van der Waals surface area contributed by atoms with Crippen LogP contribution < -0.4 is 16.0 Å². The molecule has 4 aromatic rings. The zero-order chi connectivity index (χ0) is 46.2. The summed E-state index contributed by atoms with van der Waals surface area (Å²) in [5.41, 5.74) is 5.72. The number of hydrogen-bond acceptors (Lipinski definition) is 7. The van der Waals surface area contributed by atoms with Gasteiger partial charge in [0.05, 0.1) is 11.3 Å². The Hall–Kier alpha value is -4.70. The largest absolute Gasteiger partial charge is 0.381 e. The van der Waals surface area contributed by atoms with Gasteiger partial charge in [0.15, 0.2) is 0 Å². The summed E-state index contributed by atoms with van der Waals surface area (Å²) in [5, 5.41) is 12.0. The van der Waals surface area contributed by atoms with Crippen molar-refractivity contribution in [2.75, 3.05) is 78.5 Å². The highest BCUT2D eigenvalue weighted by atomic mass is 79.9. The third-order valence-corrected chi connectivity index (χ3v) is 14.4. The van der Waals surface area contributed by atoms with E-state index in [0.29, 0.717) is 94.1 Å². The van der Waals surface area contributed by atoms with E-state index < -0.39 is 0 Å². The summed E-state index contributed by atoms with van der Waals surface area (Å²) in [7, 11) is 0. The Morgan fingerprint density at radius 3 is 1.80 bits per heavy atom. The van der Waals surface area contributed by atoms with E-state index in [-0.39, 0.29) is 53.3 Å². The summed E-state index contributed by atoms with van der Waals surface area (Å²) in [6.45, 7) is 7.45. The van der Waals surface area contributed by atoms with Gasteiger partial charge in [-0.25, -0.2) is 0 Å². The van der Waals surface area contributed by atoms with Gasteiger partial charge in [0.1, 0.15) is 0 Å². The number of fused-ring (bicyclic) bond motifs is 2. The molecule has 1 aliphatic carbocycles. The number of aromatic nitrogens is 1. The van der Waals surface area contributed by atoms with Crippen LogP contribution in [0, 0.1) is 5.92 Å². The number of carbonyl (C=O) groups excluding carboxylic acids is 4. The first-order chi connectivity index (χ1) is 32.0. The Balaban J connectivity index is 0.731. The molecule has 3 unspecified atom stereocenters. The predicted octanol–water partition coefficient (Wildman–Crippen LogP) is 7.60. The molecule has 0 saturated carbocycles. The summed E-state index contributed by atoms with van der Waals surface area (Å²) in [6, 6.07) is 21.1.